The van der Waals surface area contributed by atoms with Gasteiger partial charge in [-0.05, 0) is 87.4 Å². The van der Waals surface area contributed by atoms with Gasteiger partial charge in [-0.15, -0.1) is 0 Å². The van der Waals surface area contributed by atoms with E-state index in [1.807, 2.05) is 137 Å². The zero-order valence-electron chi connectivity index (χ0n) is 24.3. The highest BCUT2D eigenvalue weighted by Gasteiger charge is 2.49. The Balaban J connectivity index is 0.000000165. The molecule has 6 nitrogen and oxygen atoms in total. The van der Waals surface area contributed by atoms with E-state index in [2.05, 4.69) is 53.1 Å². The Hall–Kier alpha value is -3.14. The van der Waals surface area contributed by atoms with E-state index in [1.54, 1.807) is 4.90 Å². The Labute approximate surface area is 278 Å². The highest BCUT2D eigenvalue weighted by atomic mass is 79.9. The smallest absolute Gasteiger partial charge is 0.415 e. The van der Waals surface area contributed by atoms with Gasteiger partial charge in [0.15, 0.2) is 0 Å². The summed E-state index contributed by atoms with van der Waals surface area (Å²) in [5, 5.41) is 2.80. The second-order valence-corrected chi connectivity index (χ2v) is 13.8. The van der Waals surface area contributed by atoms with Gasteiger partial charge >= 0.3 is 12.2 Å². The topological polar surface area (TPSA) is 67.9 Å². The first kappa shape index (κ1) is 32.8. The lowest BCUT2D eigenvalue weighted by molar-refractivity contribution is 0.0675. The Morgan fingerprint density at radius 3 is 1.49 bits per heavy atom. The summed E-state index contributed by atoms with van der Waals surface area (Å²) in [4.78, 5) is 25.2. The summed E-state index contributed by atoms with van der Waals surface area (Å²) in [7, 11) is 0. The number of ether oxygens (including phenoxy) is 2. The quantitative estimate of drug-likeness (QED) is 0.225. The number of hydrogen-bond donors (Lipinski definition) is 1. The number of carbonyl (C=O) groups excluding carboxylic acids is 2. The van der Waals surface area contributed by atoms with E-state index in [-0.39, 0.29) is 24.3 Å². The van der Waals surface area contributed by atoms with Crippen molar-refractivity contribution in [2.45, 2.75) is 51.0 Å². The molecule has 1 N–H and O–H groups in total. The zero-order chi connectivity index (χ0) is 31.2. The first-order valence-corrected chi connectivity index (χ1v) is 16.0. The number of halogens is 3. The van der Waals surface area contributed by atoms with E-state index in [1.165, 1.54) is 0 Å². The van der Waals surface area contributed by atoms with Gasteiger partial charge in [0.25, 0.3) is 0 Å². The fraction of sp³-hybridized carbons (Fsp3) is 0.235. The Bertz CT molecular complexity index is 1490. The molecular formula is C34H33Br3N2O4. The van der Waals surface area contributed by atoms with Crippen LogP contribution in [0.5, 0.6) is 0 Å². The normalized spacial score (nSPS) is 19.6. The lowest BCUT2D eigenvalue weighted by atomic mass is 9.91. The Kier molecular flexibility index (Phi) is 10.7. The molecular weight excluding hydrogens is 740 g/mol. The van der Waals surface area contributed by atoms with Crippen molar-refractivity contribution in [2.24, 2.45) is 0 Å². The second-order valence-electron chi connectivity index (χ2n) is 11.0. The van der Waals surface area contributed by atoms with Gasteiger partial charge in [-0.2, -0.15) is 0 Å². The molecule has 4 aromatic rings. The van der Waals surface area contributed by atoms with Crippen LogP contribution in [0.4, 0.5) is 15.3 Å². The number of hydrogen-bond acceptors (Lipinski definition) is 4. The molecule has 0 saturated carbocycles. The predicted molar refractivity (Wildman–Crippen MR) is 181 cm³/mol. The van der Waals surface area contributed by atoms with Crippen molar-refractivity contribution in [2.75, 3.05) is 4.90 Å². The van der Waals surface area contributed by atoms with Gasteiger partial charge in [0, 0.05) is 19.1 Å². The minimum absolute atomic E-state index is 0.0591. The van der Waals surface area contributed by atoms with Crippen LogP contribution in [0.3, 0.4) is 0 Å². The third-order valence-electron chi connectivity index (χ3n) is 6.93. The van der Waals surface area contributed by atoms with Crippen molar-refractivity contribution < 1.29 is 19.1 Å². The number of nitrogens with zero attached hydrogens (tertiary/aromatic N) is 1. The number of rotatable bonds is 3. The number of carbonyl (C=O) groups is 2. The lowest BCUT2D eigenvalue weighted by Crippen LogP contribution is -2.33. The lowest BCUT2D eigenvalue weighted by Gasteiger charge is -2.29. The molecule has 0 bridgehead atoms. The standard InChI is InChI=1S/C17H16BrNO2.C11H13NO2.C6H4Br2/c1-17(2)15(12-6-4-3-5-7-12)19(16(20)21-17)14-10-8-13(18)9-11-14;1-11(2)9(12-10(13)14-11)8-6-4-3-5-7-8;7-5-1-2-6(8)4-3-5/h3-11,15H,1-2H3;3-7,9H,1-2H3,(H,12,13);1-4H/t15-;9-;/m00./s1. The van der Waals surface area contributed by atoms with E-state index >= 15 is 0 Å². The molecule has 2 saturated heterocycles. The molecule has 2 atom stereocenters. The Morgan fingerprint density at radius 2 is 1.05 bits per heavy atom. The third-order valence-corrected chi connectivity index (χ3v) is 8.52. The summed E-state index contributed by atoms with van der Waals surface area (Å²) < 4.78 is 14.0. The molecule has 0 aromatic heterocycles. The summed E-state index contributed by atoms with van der Waals surface area (Å²) in [5.41, 5.74) is 1.92. The largest absolute Gasteiger partial charge is 0.441 e. The van der Waals surface area contributed by atoms with Crippen LogP contribution in [-0.4, -0.2) is 23.4 Å². The van der Waals surface area contributed by atoms with Crippen LogP contribution in [0.25, 0.3) is 0 Å². The van der Waals surface area contributed by atoms with E-state index < -0.39 is 11.2 Å². The fourth-order valence-corrected chi connectivity index (χ4v) is 5.76. The average molecular weight is 773 g/mol. The molecule has 2 aliphatic rings. The van der Waals surface area contributed by atoms with Gasteiger partial charge in [-0.3, -0.25) is 4.90 Å². The molecule has 224 valence electrons. The molecule has 0 unspecified atom stereocenters. The maximum Gasteiger partial charge on any atom is 0.415 e. The molecule has 0 radical (unpaired) electrons. The second kappa shape index (κ2) is 14.1. The highest BCUT2D eigenvalue weighted by Crippen LogP contribution is 2.43. The fourth-order valence-electron chi connectivity index (χ4n) is 4.97. The van der Waals surface area contributed by atoms with Gasteiger partial charge < -0.3 is 14.8 Å². The number of anilines is 1. The molecule has 2 amide bonds. The molecule has 9 heteroatoms. The summed E-state index contributed by atoms with van der Waals surface area (Å²) in [5.74, 6) is 0. The molecule has 43 heavy (non-hydrogen) atoms. The molecule has 6 rings (SSSR count). The SMILES string of the molecule is Brc1ccc(Br)cc1.CC1(C)OC(=O)N(c2ccc(Br)cc2)[C@H]1c1ccccc1.CC1(C)OC(=O)N[C@H]1c1ccccc1. The molecule has 0 spiro atoms. The summed E-state index contributed by atoms with van der Waals surface area (Å²) in [6, 6.07) is 35.3. The predicted octanol–water partition coefficient (Wildman–Crippen LogP) is 10.4. The van der Waals surface area contributed by atoms with Crippen LogP contribution < -0.4 is 10.2 Å². The number of amides is 2. The molecule has 2 heterocycles. The van der Waals surface area contributed by atoms with Crippen LogP contribution in [0, 0.1) is 0 Å². The molecule has 2 fully saturated rings. The molecule has 2 aliphatic heterocycles. The van der Waals surface area contributed by atoms with Crippen LogP contribution in [0.1, 0.15) is 50.9 Å². The summed E-state index contributed by atoms with van der Waals surface area (Å²) in [6.45, 7) is 7.70. The number of cyclic esters (lactones) is 2. The molecule has 0 aliphatic carbocycles. The number of nitrogens with one attached hydrogen (secondary N) is 1. The van der Waals surface area contributed by atoms with Gasteiger partial charge in [0.05, 0.1) is 6.04 Å². The van der Waals surface area contributed by atoms with E-state index in [0.29, 0.717) is 0 Å². The molecule has 4 aromatic carbocycles. The first-order chi connectivity index (χ1) is 20.4. The van der Waals surface area contributed by atoms with Crippen molar-refractivity contribution in [3.05, 3.63) is 134 Å². The van der Waals surface area contributed by atoms with Crippen molar-refractivity contribution in [1.29, 1.82) is 0 Å². The van der Waals surface area contributed by atoms with Crippen molar-refractivity contribution in [3.8, 4) is 0 Å². The van der Waals surface area contributed by atoms with Gasteiger partial charge in [-0.25, -0.2) is 9.59 Å². The summed E-state index contributed by atoms with van der Waals surface area (Å²) >= 11 is 10.1. The van der Waals surface area contributed by atoms with Crippen molar-refractivity contribution in [3.63, 3.8) is 0 Å². The minimum Gasteiger partial charge on any atom is -0.441 e. The maximum absolute atomic E-state index is 12.4. The van der Waals surface area contributed by atoms with Gasteiger partial charge in [0.1, 0.15) is 17.2 Å². The average Bonchev–Trinajstić information content (AvgIpc) is 3.40. The van der Waals surface area contributed by atoms with Gasteiger partial charge in [0.2, 0.25) is 0 Å². The zero-order valence-corrected chi connectivity index (χ0v) is 29.0. The summed E-state index contributed by atoms with van der Waals surface area (Å²) in [6.07, 6.45) is -0.653. The Morgan fingerprint density at radius 1 is 0.605 bits per heavy atom. The van der Waals surface area contributed by atoms with Crippen LogP contribution in [-0.2, 0) is 9.47 Å². The minimum atomic E-state index is -0.578. The van der Waals surface area contributed by atoms with Gasteiger partial charge in [-0.1, -0.05) is 108 Å². The third kappa shape index (κ3) is 8.49. The van der Waals surface area contributed by atoms with Crippen molar-refractivity contribution >= 4 is 65.7 Å². The van der Waals surface area contributed by atoms with E-state index in [4.69, 9.17) is 9.47 Å². The van der Waals surface area contributed by atoms with E-state index in [0.717, 1.165) is 30.2 Å². The first-order valence-electron chi connectivity index (χ1n) is 13.7. The van der Waals surface area contributed by atoms with Crippen LogP contribution in [0.2, 0.25) is 0 Å². The monoisotopic (exact) mass is 770 g/mol. The maximum atomic E-state index is 12.4. The van der Waals surface area contributed by atoms with Crippen LogP contribution in [0.15, 0.2) is 123 Å². The van der Waals surface area contributed by atoms with Crippen molar-refractivity contribution in [1.82, 2.24) is 5.32 Å². The number of benzene rings is 4. The van der Waals surface area contributed by atoms with Crippen LogP contribution >= 0.6 is 47.8 Å². The van der Waals surface area contributed by atoms with E-state index in [9.17, 15) is 9.59 Å². The highest BCUT2D eigenvalue weighted by molar-refractivity contribution is 9.11. The number of alkyl carbamates (subject to hydrolysis) is 1.